The van der Waals surface area contributed by atoms with Gasteiger partial charge in [0.2, 0.25) is 0 Å². The average Bonchev–Trinajstić information content (AvgIpc) is 3.11. The van der Waals surface area contributed by atoms with E-state index < -0.39 is 0 Å². The molecule has 1 saturated heterocycles. The van der Waals surface area contributed by atoms with Crippen LogP contribution in [0.2, 0.25) is 0 Å². The predicted molar refractivity (Wildman–Crippen MR) is 121 cm³/mol. The number of anilines is 1. The molecule has 2 aromatic carbocycles. The summed E-state index contributed by atoms with van der Waals surface area (Å²) in [5.41, 5.74) is 3.10. The van der Waals surface area contributed by atoms with Gasteiger partial charge in [0.1, 0.15) is 12.4 Å². The molecule has 4 nitrogen and oxygen atoms in total. The van der Waals surface area contributed by atoms with Crippen molar-refractivity contribution in [2.75, 3.05) is 37.2 Å². The van der Waals surface area contributed by atoms with Gasteiger partial charge in [-0.15, -0.1) is 0 Å². The Hall–Kier alpha value is -1.34. The van der Waals surface area contributed by atoms with Crippen molar-refractivity contribution < 1.29 is 4.74 Å². The fourth-order valence-electron chi connectivity index (χ4n) is 5.05. The van der Waals surface area contributed by atoms with Crippen LogP contribution < -0.4 is 14.6 Å². The summed E-state index contributed by atoms with van der Waals surface area (Å²) in [6, 6.07) is 17.0. The number of hydrogen-bond donors (Lipinski definition) is 2. The fraction of sp³-hybridized carbons (Fsp3) is 0.455. The Morgan fingerprint density at radius 3 is 2.57 bits per heavy atom. The molecule has 0 spiro atoms. The zero-order valence-corrected chi connectivity index (χ0v) is 18.2. The molecule has 2 atom stereocenters. The Labute approximate surface area is 176 Å². The van der Waals surface area contributed by atoms with Crippen molar-refractivity contribution in [3.8, 4) is 5.75 Å². The van der Waals surface area contributed by atoms with Crippen molar-refractivity contribution in [1.29, 1.82) is 0 Å². The van der Waals surface area contributed by atoms with E-state index in [2.05, 4.69) is 47.1 Å². The Balaban J connectivity index is 1.30. The number of nitrogens with two attached hydrogens (primary N) is 1. The van der Waals surface area contributed by atoms with Crippen molar-refractivity contribution in [2.24, 2.45) is 17.0 Å². The van der Waals surface area contributed by atoms with Gasteiger partial charge in [-0.25, -0.2) is 0 Å². The number of ether oxygens (including phenoxy) is 1. The van der Waals surface area contributed by atoms with Gasteiger partial charge in [-0.2, -0.15) is 0 Å². The van der Waals surface area contributed by atoms with Crippen molar-refractivity contribution in [3.63, 3.8) is 0 Å². The number of rotatable bonds is 9. The molecule has 0 radical (unpaired) electrons. The fourth-order valence-corrected chi connectivity index (χ4v) is 5.71. The van der Waals surface area contributed by atoms with E-state index >= 15 is 0 Å². The SMILES string of the molecule is CCC1(c2cccc(NSC)c2)C2CN(CCOc3ccc(SN)cc3)CC21. The summed E-state index contributed by atoms with van der Waals surface area (Å²) >= 11 is 2.91. The lowest BCUT2D eigenvalue weighted by atomic mass is 9.87. The molecule has 2 fully saturated rings. The van der Waals surface area contributed by atoms with Crippen LogP contribution in [0.1, 0.15) is 18.9 Å². The Kier molecular flexibility index (Phi) is 6.11. The molecule has 1 aliphatic carbocycles. The number of piperidine rings is 1. The van der Waals surface area contributed by atoms with Crippen LogP contribution in [0.3, 0.4) is 0 Å². The molecule has 2 unspecified atom stereocenters. The molecular formula is C22H29N3OS2. The molecule has 2 aromatic rings. The van der Waals surface area contributed by atoms with Gasteiger partial charge in [0, 0.05) is 41.9 Å². The minimum absolute atomic E-state index is 0.378. The highest BCUT2D eigenvalue weighted by Gasteiger charge is 2.67. The zero-order valence-electron chi connectivity index (χ0n) is 16.6. The summed E-state index contributed by atoms with van der Waals surface area (Å²) in [5, 5.41) is 5.56. The molecule has 0 bridgehead atoms. The van der Waals surface area contributed by atoms with Crippen molar-refractivity contribution in [2.45, 2.75) is 23.7 Å². The standard InChI is InChI=1S/C22H29N3OS2/c1-3-22(16-5-4-6-17(13-16)24-27-2)20-14-25(15-21(20)22)11-12-26-18-7-9-19(28-23)10-8-18/h4-10,13,20-21,24H,3,11-12,14-15,23H2,1-2H3. The van der Waals surface area contributed by atoms with E-state index in [1.807, 2.05) is 24.3 Å². The van der Waals surface area contributed by atoms with Crippen molar-refractivity contribution >= 4 is 29.6 Å². The normalized spacial score (nSPS) is 26.1. The van der Waals surface area contributed by atoms with Crippen LogP contribution in [0.5, 0.6) is 5.75 Å². The van der Waals surface area contributed by atoms with Gasteiger partial charge >= 0.3 is 0 Å². The molecule has 1 aliphatic heterocycles. The first kappa shape index (κ1) is 20.0. The maximum Gasteiger partial charge on any atom is 0.119 e. The maximum atomic E-state index is 5.92. The van der Waals surface area contributed by atoms with Crippen LogP contribution in [0.4, 0.5) is 5.69 Å². The zero-order chi connectivity index (χ0) is 19.6. The van der Waals surface area contributed by atoms with Crippen LogP contribution >= 0.6 is 23.9 Å². The predicted octanol–water partition coefficient (Wildman–Crippen LogP) is 4.63. The average molecular weight is 416 g/mol. The second kappa shape index (κ2) is 8.57. The molecule has 4 rings (SSSR count). The molecule has 1 heterocycles. The van der Waals surface area contributed by atoms with Crippen LogP contribution in [0.15, 0.2) is 53.4 Å². The third-order valence-corrected chi connectivity index (χ3v) is 7.43. The Bertz CT molecular complexity index is 787. The monoisotopic (exact) mass is 415 g/mol. The summed E-state index contributed by atoms with van der Waals surface area (Å²) in [5.74, 6) is 2.48. The Morgan fingerprint density at radius 2 is 1.93 bits per heavy atom. The maximum absolute atomic E-state index is 5.92. The second-order valence-electron chi connectivity index (χ2n) is 7.69. The van der Waals surface area contributed by atoms with Crippen LogP contribution in [-0.2, 0) is 5.41 Å². The van der Waals surface area contributed by atoms with Crippen molar-refractivity contribution in [1.82, 2.24) is 4.90 Å². The number of likely N-dealkylation sites (tertiary alicyclic amines) is 1. The lowest BCUT2D eigenvalue weighted by Gasteiger charge is -2.26. The van der Waals surface area contributed by atoms with E-state index in [-0.39, 0.29) is 0 Å². The highest BCUT2D eigenvalue weighted by molar-refractivity contribution is 7.99. The number of hydrogen-bond acceptors (Lipinski definition) is 6. The topological polar surface area (TPSA) is 50.5 Å². The lowest BCUT2D eigenvalue weighted by Crippen LogP contribution is -2.33. The van der Waals surface area contributed by atoms with E-state index in [1.165, 1.54) is 42.7 Å². The molecule has 3 N–H and O–H groups in total. The summed E-state index contributed by atoms with van der Waals surface area (Å²) in [6.07, 6.45) is 3.29. The minimum atomic E-state index is 0.378. The molecule has 2 aliphatic rings. The first-order valence-corrected chi connectivity index (χ1v) is 12.0. The van der Waals surface area contributed by atoms with Gasteiger partial charge < -0.3 is 9.46 Å². The number of fused-ring (bicyclic) bond motifs is 1. The summed E-state index contributed by atoms with van der Waals surface area (Å²) < 4.78 is 9.30. The van der Waals surface area contributed by atoms with E-state index in [0.29, 0.717) is 5.41 Å². The molecule has 0 amide bonds. The molecule has 1 saturated carbocycles. The molecule has 0 aromatic heterocycles. The van der Waals surface area contributed by atoms with Gasteiger partial charge in [-0.05, 0) is 72.2 Å². The number of nitrogens with zero attached hydrogens (tertiary/aromatic N) is 1. The molecule has 6 heteroatoms. The van der Waals surface area contributed by atoms with Gasteiger partial charge in [0.15, 0.2) is 0 Å². The number of benzene rings is 2. The van der Waals surface area contributed by atoms with E-state index in [1.54, 1.807) is 11.9 Å². The largest absolute Gasteiger partial charge is 0.492 e. The minimum Gasteiger partial charge on any atom is -0.492 e. The first-order chi connectivity index (χ1) is 13.7. The van der Waals surface area contributed by atoms with E-state index in [9.17, 15) is 0 Å². The van der Waals surface area contributed by atoms with Gasteiger partial charge in [0.25, 0.3) is 0 Å². The highest BCUT2D eigenvalue weighted by Crippen LogP contribution is 2.65. The summed E-state index contributed by atoms with van der Waals surface area (Å²) in [4.78, 5) is 3.62. The summed E-state index contributed by atoms with van der Waals surface area (Å²) in [6.45, 7) is 6.45. The van der Waals surface area contributed by atoms with Gasteiger partial charge in [-0.1, -0.05) is 31.0 Å². The van der Waals surface area contributed by atoms with E-state index in [0.717, 1.165) is 35.6 Å². The quantitative estimate of drug-likeness (QED) is 0.582. The van der Waals surface area contributed by atoms with Crippen LogP contribution in [-0.4, -0.2) is 37.4 Å². The highest BCUT2D eigenvalue weighted by atomic mass is 32.2. The molecule has 150 valence electrons. The smallest absolute Gasteiger partial charge is 0.119 e. The number of nitrogens with one attached hydrogen (secondary N) is 1. The Morgan fingerprint density at radius 1 is 1.18 bits per heavy atom. The van der Waals surface area contributed by atoms with Crippen LogP contribution in [0, 0.1) is 11.8 Å². The molecular weight excluding hydrogens is 386 g/mol. The van der Waals surface area contributed by atoms with E-state index in [4.69, 9.17) is 9.88 Å². The van der Waals surface area contributed by atoms with Crippen LogP contribution in [0.25, 0.3) is 0 Å². The van der Waals surface area contributed by atoms with Crippen molar-refractivity contribution in [3.05, 3.63) is 54.1 Å². The molecule has 28 heavy (non-hydrogen) atoms. The lowest BCUT2D eigenvalue weighted by molar-refractivity contribution is 0.209. The van der Waals surface area contributed by atoms with Gasteiger partial charge in [-0.3, -0.25) is 10.0 Å². The second-order valence-corrected chi connectivity index (χ2v) is 9.01. The third-order valence-electron chi connectivity index (χ3n) is 6.45. The van der Waals surface area contributed by atoms with Gasteiger partial charge in [0.05, 0.1) is 0 Å². The summed E-state index contributed by atoms with van der Waals surface area (Å²) in [7, 11) is 0. The third kappa shape index (κ3) is 3.75. The first-order valence-electron chi connectivity index (χ1n) is 9.92.